The molecule has 0 fully saturated rings. The fourth-order valence-electron chi connectivity index (χ4n) is 1.27. The van der Waals surface area contributed by atoms with E-state index in [-0.39, 0.29) is 5.91 Å². The molecule has 92 valence electrons. The second-order valence-corrected chi connectivity index (χ2v) is 3.77. The maximum Gasteiger partial charge on any atom is 0.258 e. The summed E-state index contributed by atoms with van der Waals surface area (Å²) < 4.78 is 0. The molecule has 2 heterocycles. The molecular weight excluding hydrogens is 254 g/mol. The quantitative estimate of drug-likeness (QED) is 0.579. The number of nitrogens with two attached hydrogens (primary N) is 1. The van der Waals surface area contributed by atoms with Crippen LogP contribution in [0.1, 0.15) is 10.4 Å². The normalized spacial score (nSPS) is 9.89. The van der Waals surface area contributed by atoms with Gasteiger partial charge in [-0.1, -0.05) is 11.6 Å². The van der Waals surface area contributed by atoms with Gasteiger partial charge in [-0.3, -0.25) is 4.79 Å². The van der Waals surface area contributed by atoms with Gasteiger partial charge in [-0.05, 0) is 24.3 Å². The summed E-state index contributed by atoms with van der Waals surface area (Å²) in [5, 5.41) is 2.96. The predicted octanol–water partition coefficient (Wildman–Crippen LogP) is 1.67. The fourth-order valence-corrected chi connectivity index (χ4v) is 1.44. The minimum atomic E-state index is -0.341. The Morgan fingerprint density at radius 2 is 2.11 bits per heavy atom. The fraction of sp³-hybridized carbons (Fsp3) is 0. The van der Waals surface area contributed by atoms with Crippen LogP contribution in [0, 0.1) is 0 Å². The number of amides is 1. The van der Waals surface area contributed by atoms with Crippen molar-refractivity contribution in [2.24, 2.45) is 5.84 Å². The van der Waals surface area contributed by atoms with Gasteiger partial charge in [-0.25, -0.2) is 15.8 Å². The molecule has 6 nitrogen and oxygen atoms in total. The molecule has 2 aromatic rings. The molecule has 2 rings (SSSR count). The molecule has 4 N–H and O–H groups in total. The topological polar surface area (TPSA) is 92.9 Å². The Labute approximate surface area is 108 Å². The summed E-state index contributed by atoms with van der Waals surface area (Å²) in [6.45, 7) is 0. The highest BCUT2D eigenvalue weighted by molar-refractivity contribution is 6.33. The van der Waals surface area contributed by atoms with E-state index in [1.54, 1.807) is 30.5 Å². The van der Waals surface area contributed by atoms with Crippen molar-refractivity contribution >= 4 is 29.1 Å². The average Bonchev–Trinajstić information content (AvgIpc) is 2.41. The number of carbonyl (C=O) groups is 1. The first-order chi connectivity index (χ1) is 8.70. The van der Waals surface area contributed by atoms with E-state index in [1.165, 1.54) is 6.20 Å². The molecule has 0 radical (unpaired) electrons. The molecule has 0 unspecified atom stereocenters. The molecular formula is C11H10ClN5O. The van der Waals surface area contributed by atoms with Crippen molar-refractivity contribution in [2.75, 3.05) is 10.7 Å². The molecule has 0 aromatic carbocycles. The van der Waals surface area contributed by atoms with Gasteiger partial charge >= 0.3 is 0 Å². The molecule has 0 aliphatic rings. The lowest BCUT2D eigenvalue weighted by atomic mass is 10.2. The number of nitrogens with one attached hydrogen (secondary N) is 2. The van der Waals surface area contributed by atoms with Crippen LogP contribution in [0.4, 0.5) is 11.6 Å². The Balaban J connectivity index is 2.14. The summed E-state index contributed by atoms with van der Waals surface area (Å²) in [5.41, 5.74) is 2.76. The third-order valence-corrected chi connectivity index (χ3v) is 2.47. The van der Waals surface area contributed by atoms with Crippen LogP contribution in [0.3, 0.4) is 0 Å². The molecule has 18 heavy (non-hydrogen) atoms. The van der Waals surface area contributed by atoms with Gasteiger partial charge in [0.05, 0.1) is 10.6 Å². The van der Waals surface area contributed by atoms with Crippen LogP contribution in [-0.2, 0) is 0 Å². The van der Waals surface area contributed by atoms with Crippen molar-refractivity contribution < 1.29 is 4.79 Å². The first-order valence-electron chi connectivity index (χ1n) is 5.05. The zero-order chi connectivity index (χ0) is 13.0. The molecule has 0 aliphatic carbocycles. The first-order valence-corrected chi connectivity index (χ1v) is 5.43. The zero-order valence-electron chi connectivity index (χ0n) is 9.22. The van der Waals surface area contributed by atoms with Crippen LogP contribution in [0.25, 0.3) is 0 Å². The maximum absolute atomic E-state index is 11.9. The van der Waals surface area contributed by atoms with Crippen LogP contribution >= 0.6 is 11.6 Å². The molecule has 0 atom stereocenters. The monoisotopic (exact) mass is 263 g/mol. The van der Waals surface area contributed by atoms with Gasteiger partial charge in [-0.2, -0.15) is 0 Å². The van der Waals surface area contributed by atoms with Crippen LogP contribution in [-0.4, -0.2) is 15.9 Å². The highest BCUT2D eigenvalue weighted by Gasteiger charge is 2.09. The molecule has 0 spiro atoms. The SMILES string of the molecule is NNc1ccc(C(=O)Nc2ncccc2Cl)cn1. The van der Waals surface area contributed by atoms with E-state index in [9.17, 15) is 4.79 Å². The van der Waals surface area contributed by atoms with E-state index in [0.717, 1.165) is 0 Å². The van der Waals surface area contributed by atoms with Gasteiger partial charge < -0.3 is 10.7 Å². The Morgan fingerprint density at radius 3 is 2.72 bits per heavy atom. The van der Waals surface area contributed by atoms with Gasteiger partial charge in [0.1, 0.15) is 5.82 Å². The largest absolute Gasteiger partial charge is 0.308 e. The number of halogens is 1. The first kappa shape index (κ1) is 12.3. The molecule has 0 bridgehead atoms. The van der Waals surface area contributed by atoms with Gasteiger partial charge in [-0.15, -0.1) is 0 Å². The van der Waals surface area contributed by atoms with Crippen LogP contribution in [0.2, 0.25) is 5.02 Å². The number of anilines is 2. The summed E-state index contributed by atoms with van der Waals surface area (Å²) in [4.78, 5) is 19.8. The van der Waals surface area contributed by atoms with E-state index < -0.39 is 0 Å². The van der Waals surface area contributed by atoms with E-state index >= 15 is 0 Å². The van der Waals surface area contributed by atoms with Crippen molar-refractivity contribution in [3.05, 3.63) is 47.2 Å². The smallest absolute Gasteiger partial charge is 0.258 e. The lowest BCUT2D eigenvalue weighted by Crippen LogP contribution is -2.14. The molecule has 7 heteroatoms. The number of hydrogen-bond donors (Lipinski definition) is 3. The van der Waals surface area contributed by atoms with E-state index in [1.807, 2.05) is 0 Å². The number of hydrazine groups is 1. The summed E-state index contributed by atoms with van der Waals surface area (Å²) in [6, 6.07) is 6.51. The molecule has 1 amide bonds. The van der Waals surface area contributed by atoms with Crippen molar-refractivity contribution in [3.63, 3.8) is 0 Å². The molecule has 0 saturated carbocycles. The third kappa shape index (κ3) is 2.73. The number of hydrogen-bond acceptors (Lipinski definition) is 5. The van der Waals surface area contributed by atoms with Gasteiger partial charge in [0.25, 0.3) is 5.91 Å². The van der Waals surface area contributed by atoms with Crippen molar-refractivity contribution in [1.82, 2.24) is 9.97 Å². The Hall–Kier alpha value is -2.18. The van der Waals surface area contributed by atoms with E-state index in [2.05, 4.69) is 20.7 Å². The van der Waals surface area contributed by atoms with E-state index in [0.29, 0.717) is 22.2 Å². The highest BCUT2D eigenvalue weighted by atomic mass is 35.5. The maximum atomic E-state index is 11.9. The van der Waals surface area contributed by atoms with Gasteiger partial charge in [0, 0.05) is 12.4 Å². The lowest BCUT2D eigenvalue weighted by molar-refractivity contribution is 0.102. The van der Waals surface area contributed by atoms with Gasteiger partial charge in [0.2, 0.25) is 0 Å². The molecule has 0 saturated heterocycles. The number of carbonyl (C=O) groups excluding carboxylic acids is 1. The number of pyridine rings is 2. The number of aromatic nitrogens is 2. The minimum Gasteiger partial charge on any atom is -0.308 e. The Kier molecular flexibility index (Phi) is 3.71. The summed E-state index contributed by atoms with van der Waals surface area (Å²) in [6.07, 6.45) is 2.95. The average molecular weight is 264 g/mol. The van der Waals surface area contributed by atoms with Crippen molar-refractivity contribution in [2.45, 2.75) is 0 Å². The highest BCUT2D eigenvalue weighted by Crippen LogP contribution is 2.18. The summed E-state index contributed by atoms with van der Waals surface area (Å²) >= 11 is 5.88. The molecule has 0 aliphatic heterocycles. The van der Waals surface area contributed by atoms with E-state index in [4.69, 9.17) is 17.4 Å². The van der Waals surface area contributed by atoms with Crippen LogP contribution in [0.5, 0.6) is 0 Å². The zero-order valence-corrected chi connectivity index (χ0v) is 9.98. The van der Waals surface area contributed by atoms with Crippen LogP contribution < -0.4 is 16.6 Å². The van der Waals surface area contributed by atoms with Crippen molar-refractivity contribution in [1.29, 1.82) is 0 Å². The Morgan fingerprint density at radius 1 is 1.28 bits per heavy atom. The predicted molar refractivity (Wildman–Crippen MR) is 69.2 cm³/mol. The second kappa shape index (κ2) is 5.44. The number of nitrogens with zero attached hydrogens (tertiary/aromatic N) is 2. The number of rotatable bonds is 3. The minimum absolute atomic E-state index is 0.310. The standard InChI is InChI=1S/C11H10ClN5O/c12-8-2-1-5-14-10(8)16-11(18)7-3-4-9(17-13)15-6-7/h1-6H,13H2,(H,15,17)(H,14,16,18). The second-order valence-electron chi connectivity index (χ2n) is 3.36. The van der Waals surface area contributed by atoms with Crippen LogP contribution in [0.15, 0.2) is 36.7 Å². The van der Waals surface area contributed by atoms with Crippen molar-refractivity contribution in [3.8, 4) is 0 Å². The number of nitrogen functional groups attached to an aromatic ring is 1. The lowest BCUT2D eigenvalue weighted by Gasteiger charge is -2.06. The van der Waals surface area contributed by atoms with Gasteiger partial charge in [0.15, 0.2) is 5.82 Å². The Bertz CT molecular complexity index is 558. The molecule has 2 aromatic heterocycles. The summed E-state index contributed by atoms with van der Waals surface area (Å²) in [7, 11) is 0. The summed E-state index contributed by atoms with van der Waals surface area (Å²) in [5.74, 6) is 5.62. The third-order valence-electron chi connectivity index (χ3n) is 2.16.